The molecule has 2 N–H and O–H groups in total. The minimum atomic E-state index is -0.244. The molecular weight excluding hydrogens is 396 g/mol. The number of oxazole rings is 1. The van der Waals surface area contributed by atoms with Gasteiger partial charge in [-0.05, 0) is 35.9 Å². The maximum absolute atomic E-state index is 12.3. The van der Waals surface area contributed by atoms with Crippen LogP contribution in [0.2, 0.25) is 0 Å². The van der Waals surface area contributed by atoms with Crippen molar-refractivity contribution in [2.45, 2.75) is 32.7 Å². The molecule has 1 aliphatic heterocycles. The van der Waals surface area contributed by atoms with Gasteiger partial charge in [-0.3, -0.25) is 0 Å². The summed E-state index contributed by atoms with van der Waals surface area (Å²) in [7, 11) is 0. The molecule has 158 valence electrons. The summed E-state index contributed by atoms with van der Waals surface area (Å²) in [6.07, 6.45) is 0. The quantitative estimate of drug-likeness (QED) is 0.617. The standard InChI is InChI=1S/C23H28N4O2S/c1-23(2,3)21-26-19-14-17(6-9-20(19)29-21)25-22(28)24-15-16-4-7-18(8-5-16)27-10-12-30-13-11-27/h4-9,14H,10-13,15H2,1-3H3,(H2,24,25,28). The molecular formula is C23H28N4O2S. The van der Waals surface area contributed by atoms with E-state index in [-0.39, 0.29) is 11.4 Å². The van der Waals surface area contributed by atoms with Gasteiger partial charge in [-0.2, -0.15) is 11.8 Å². The maximum Gasteiger partial charge on any atom is 0.319 e. The zero-order valence-electron chi connectivity index (χ0n) is 17.7. The Balaban J connectivity index is 1.33. The average Bonchev–Trinajstić information content (AvgIpc) is 3.17. The third-order valence-electron chi connectivity index (χ3n) is 5.05. The Labute approximate surface area is 181 Å². The van der Waals surface area contributed by atoms with Crippen molar-refractivity contribution in [2.24, 2.45) is 0 Å². The number of hydrogen-bond donors (Lipinski definition) is 2. The van der Waals surface area contributed by atoms with Crippen molar-refractivity contribution in [3.05, 3.63) is 53.9 Å². The number of amides is 2. The second-order valence-corrected chi connectivity index (χ2v) is 9.75. The van der Waals surface area contributed by atoms with E-state index < -0.39 is 0 Å². The summed E-state index contributed by atoms with van der Waals surface area (Å²) in [4.78, 5) is 19.3. The lowest BCUT2D eigenvalue weighted by molar-refractivity contribution is 0.251. The van der Waals surface area contributed by atoms with Gasteiger partial charge in [0, 0.05) is 47.9 Å². The van der Waals surface area contributed by atoms with Crippen molar-refractivity contribution in [3.8, 4) is 0 Å². The van der Waals surface area contributed by atoms with Crippen LogP contribution in [-0.2, 0) is 12.0 Å². The molecule has 0 bridgehead atoms. The van der Waals surface area contributed by atoms with Gasteiger partial charge in [0.15, 0.2) is 5.58 Å². The molecule has 2 aromatic carbocycles. The molecule has 1 aromatic heterocycles. The second kappa shape index (κ2) is 8.60. The summed E-state index contributed by atoms with van der Waals surface area (Å²) in [6, 6.07) is 13.7. The van der Waals surface area contributed by atoms with E-state index in [9.17, 15) is 4.79 Å². The molecule has 3 aromatic rings. The van der Waals surface area contributed by atoms with Crippen molar-refractivity contribution in [1.82, 2.24) is 10.3 Å². The fourth-order valence-corrected chi connectivity index (χ4v) is 4.23. The molecule has 1 fully saturated rings. The Morgan fingerprint density at radius 3 is 2.57 bits per heavy atom. The van der Waals surface area contributed by atoms with Crippen molar-refractivity contribution in [2.75, 3.05) is 34.8 Å². The molecule has 0 unspecified atom stereocenters. The Morgan fingerprint density at radius 1 is 1.13 bits per heavy atom. The first-order chi connectivity index (χ1) is 14.4. The highest BCUT2D eigenvalue weighted by Crippen LogP contribution is 2.27. The molecule has 30 heavy (non-hydrogen) atoms. The van der Waals surface area contributed by atoms with Gasteiger partial charge in [-0.25, -0.2) is 9.78 Å². The van der Waals surface area contributed by atoms with E-state index in [2.05, 4.69) is 65.6 Å². The number of aromatic nitrogens is 1. The third kappa shape index (κ3) is 4.90. The second-order valence-electron chi connectivity index (χ2n) is 8.53. The van der Waals surface area contributed by atoms with Crippen LogP contribution in [0.5, 0.6) is 0 Å². The van der Waals surface area contributed by atoms with Gasteiger partial charge in [0.05, 0.1) is 0 Å². The van der Waals surface area contributed by atoms with Gasteiger partial charge in [0.25, 0.3) is 0 Å². The maximum atomic E-state index is 12.3. The van der Waals surface area contributed by atoms with Gasteiger partial charge in [-0.1, -0.05) is 32.9 Å². The highest BCUT2D eigenvalue weighted by Gasteiger charge is 2.21. The fraction of sp³-hybridized carbons (Fsp3) is 0.391. The van der Waals surface area contributed by atoms with Crippen LogP contribution in [0.3, 0.4) is 0 Å². The van der Waals surface area contributed by atoms with E-state index in [1.54, 1.807) is 0 Å². The minimum Gasteiger partial charge on any atom is -0.440 e. The molecule has 2 amide bonds. The monoisotopic (exact) mass is 424 g/mol. The number of thioether (sulfide) groups is 1. The van der Waals surface area contributed by atoms with Crippen LogP contribution in [0, 0.1) is 0 Å². The molecule has 4 rings (SSSR count). The molecule has 0 spiro atoms. The third-order valence-corrected chi connectivity index (χ3v) is 6.00. The highest BCUT2D eigenvalue weighted by atomic mass is 32.2. The number of carbonyl (C=O) groups excluding carboxylic acids is 1. The number of urea groups is 1. The largest absolute Gasteiger partial charge is 0.440 e. The van der Waals surface area contributed by atoms with Gasteiger partial charge < -0.3 is 20.0 Å². The van der Waals surface area contributed by atoms with Crippen LogP contribution >= 0.6 is 11.8 Å². The molecule has 0 aliphatic carbocycles. The number of nitrogens with one attached hydrogen (secondary N) is 2. The molecule has 0 atom stereocenters. The van der Waals surface area contributed by atoms with Crippen molar-refractivity contribution in [3.63, 3.8) is 0 Å². The number of fused-ring (bicyclic) bond motifs is 1. The smallest absolute Gasteiger partial charge is 0.319 e. The van der Waals surface area contributed by atoms with Gasteiger partial charge in [0.1, 0.15) is 5.52 Å². The van der Waals surface area contributed by atoms with Crippen molar-refractivity contribution < 1.29 is 9.21 Å². The van der Waals surface area contributed by atoms with E-state index in [0.29, 0.717) is 18.1 Å². The lowest BCUT2D eigenvalue weighted by atomic mass is 9.97. The number of benzene rings is 2. The SMILES string of the molecule is CC(C)(C)c1nc2cc(NC(=O)NCc3ccc(N4CCSCC4)cc3)ccc2o1. The first-order valence-electron chi connectivity index (χ1n) is 10.3. The zero-order valence-corrected chi connectivity index (χ0v) is 18.5. The van der Waals surface area contributed by atoms with Crippen molar-refractivity contribution >= 4 is 40.3 Å². The predicted octanol–water partition coefficient (Wildman–Crippen LogP) is 5.00. The molecule has 6 nitrogen and oxygen atoms in total. The van der Waals surface area contributed by atoms with Crippen LogP contribution in [0.15, 0.2) is 46.9 Å². The molecule has 1 saturated heterocycles. The summed E-state index contributed by atoms with van der Waals surface area (Å²) in [5.74, 6) is 3.05. The first-order valence-corrected chi connectivity index (χ1v) is 11.4. The number of rotatable bonds is 4. The summed E-state index contributed by atoms with van der Waals surface area (Å²) in [5.41, 5.74) is 4.31. The Morgan fingerprint density at radius 2 is 1.87 bits per heavy atom. The van der Waals surface area contributed by atoms with E-state index in [1.807, 2.05) is 30.0 Å². The topological polar surface area (TPSA) is 70.4 Å². The van der Waals surface area contributed by atoms with E-state index in [0.717, 1.165) is 29.8 Å². The number of anilines is 2. The van der Waals surface area contributed by atoms with Crippen LogP contribution in [0.25, 0.3) is 11.1 Å². The lowest BCUT2D eigenvalue weighted by Crippen LogP contribution is -2.32. The van der Waals surface area contributed by atoms with E-state index in [4.69, 9.17) is 4.42 Å². The predicted molar refractivity (Wildman–Crippen MR) is 125 cm³/mol. The van der Waals surface area contributed by atoms with Crippen LogP contribution < -0.4 is 15.5 Å². The number of nitrogens with zero attached hydrogens (tertiary/aromatic N) is 2. The summed E-state index contributed by atoms with van der Waals surface area (Å²) in [5, 5.41) is 5.79. The normalized spacial score (nSPS) is 14.7. The summed E-state index contributed by atoms with van der Waals surface area (Å²) >= 11 is 2.01. The zero-order chi connectivity index (χ0) is 21.1. The van der Waals surface area contributed by atoms with Gasteiger partial charge in [0.2, 0.25) is 5.89 Å². The van der Waals surface area contributed by atoms with Crippen molar-refractivity contribution in [1.29, 1.82) is 0 Å². The highest BCUT2D eigenvalue weighted by molar-refractivity contribution is 7.99. The Kier molecular flexibility index (Phi) is 5.90. The van der Waals surface area contributed by atoms with Gasteiger partial charge >= 0.3 is 6.03 Å². The first kappa shape index (κ1) is 20.6. The number of hydrogen-bond acceptors (Lipinski definition) is 5. The summed E-state index contributed by atoms with van der Waals surface area (Å²) in [6.45, 7) is 8.84. The Hall–Kier alpha value is -2.67. The molecule has 2 heterocycles. The van der Waals surface area contributed by atoms with Gasteiger partial charge in [-0.15, -0.1) is 0 Å². The Bertz CT molecular complexity index is 1020. The minimum absolute atomic E-state index is 0.160. The van der Waals surface area contributed by atoms with Crippen LogP contribution in [0.1, 0.15) is 32.2 Å². The average molecular weight is 425 g/mol. The fourth-order valence-electron chi connectivity index (χ4n) is 3.33. The van der Waals surface area contributed by atoms with Crippen LogP contribution in [-0.4, -0.2) is 35.6 Å². The van der Waals surface area contributed by atoms with Crippen LogP contribution in [0.4, 0.5) is 16.2 Å². The molecule has 7 heteroatoms. The lowest BCUT2D eigenvalue weighted by Gasteiger charge is -2.28. The summed E-state index contributed by atoms with van der Waals surface area (Å²) < 4.78 is 5.81. The van der Waals surface area contributed by atoms with E-state index in [1.165, 1.54) is 17.2 Å². The number of carbonyl (C=O) groups is 1. The molecule has 0 radical (unpaired) electrons. The molecule has 1 aliphatic rings. The van der Waals surface area contributed by atoms with E-state index >= 15 is 0 Å². The molecule has 0 saturated carbocycles.